The van der Waals surface area contributed by atoms with Gasteiger partial charge in [-0.05, 0) is 31.5 Å². The number of pyridine rings is 1. The first-order valence-electron chi connectivity index (χ1n) is 8.01. The van der Waals surface area contributed by atoms with Crippen LogP contribution in [0.15, 0.2) is 48.7 Å². The molecule has 24 heavy (non-hydrogen) atoms. The van der Waals surface area contributed by atoms with Gasteiger partial charge in [-0.15, -0.1) is 0 Å². The van der Waals surface area contributed by atoms with Gasteiger partial charge in [0.1, 0.15) is 6.61 Å². The number of benzene rings is 1. The summed E-state index contributed by atoms with van der Waals surface area (Å²) in [6, 6.07) is 13.2. The average Bonchev–Trinajstić information content (AvgIpc) is 2.61. The van der Waals surface area contributed by atoms with Gasteiger partial charge < -0.3 is 9.64 Å². The first-order valence-corrected chi connectivity index (χ1v) is 8.01. The highest BCUT2D eigenvalue weighted by Gasteiger charge is 2.13. The van der Waals surface area contributed by atoms with E-state index in [1.807, 2.05) is 43.3 Å². The van der Waals surface area contributed by atoms with Crippen molar-refractivity contribution in [2.75, 3.05) is 13.1 Å². The number of Topliss-reactive ketones (excluding diaryl/α,β-unsaturated/α-hetero) is 1. The third kappa shape index (κ3) is 5.19. The number of carbonyl (C=O) groups excluding carboxylic acids is 2. The van der Waals surface area contributed by atoms with Crippen LogP contribution < -0.4 is 0 Å². The standard InChI is InChI=1S/C19H22N2O3/c1-3-21(19(23)24-14-16-7-5-4-6-8-16)12-11-18-10-9-17(13-20-18)15(2)22/h4-10,13H,3,11-12,14H2,1-2H3. The summed E-state index contributed by atoms with van der Waals surface area (Å²) in [5.41, 5.74) is 2.39. The molecule has 1 aromatic heterocycles. The van der Waals surface area contributed by atoms with Crippen molar-refractivity contribution in [2.24, 2.45) is 0 Å². The molecule has 0 N–H and O–H groups in total. The van der Waals surface area contributed by atoms with E-state index < -0.39 is 0 Å². The molecular formula is C19H22N2O3. The predicted octanol–water partition coefficient (Wildman–Crippen LogP) is 3.49. The summed E-state index contributed by atoms with van der Waals surface area (Å²) in [6.07, 6.45) is 1.86. The third-order valence-corrected chi connectivity index (χ3v) is 3.71. The fraction of sp³-hybridized carbons (Fsp3) is 0.316. The topological polar surface area (TPSA) is 59.5 Å². The quantitative estimate of drug-likeness (QED) is 0.731. The number of ketones is 1. The first kappa shape index (κ1) is 17.7. The van der Waals surface area contributed by atoms with E-state index in [1.54, 1.807) is 17.2 Å². The molecule has 0 aliphatic carbocycles. The summed E-state index contributed by atoms with van der Waals surface area (Å²) in [5.74, 6) is -0.00581. The van der Waals surface area contributed by atoms with Crippen LogP contribution >= 0.6 is 0 Å². The Bertz CT molecular complexity index is 669. The number of rotatable bonds is 7. The van der Waals surface area contributed by atoms with Gasteiger partial charge in [0.05, 0.1) is 0 Å². The second kappa shape index (κ2) is 8.82. The van der Waals surface area contributed by atoms with Crippen LogP contribution in [0.4, 0.5) is 4.79 Å². The molecule has 0 aliphatic heterocycles. The van der Waals surface area contributed by atoms with E-state index in [9.17, 15) is 9.59 Å². The molecule has 0 unspecified atom stereocenters. The Morgan fingerprint density at radius 1 is 1.12 bits per heavy atom. The molecule has 0 atom stereocenters. The Labute approximate surface area is 142 Å². The van der Waals surface area contributed by atoms with Gasteiger partial charge in [-0.1, -0.05) is 30.3 Å². The zero-order valence-corrected chi connectivity index (χ0v) is 14.1. The van der Waals surface area contributed by atoms with E-state index in [2.05, 4.69) is 4.98 Å². The predicted molar refractivity (Wildman–Crippen MR) is 91.8 cm³/mol. The number of hydrogen-bond donors (Lipinski definition) is 0. The lowest BCUT2D eigenvalue weighted by Gasteiger charge is -2.20. The van der Waals surface area contributed by atoms with E-state index in [-0.39, 0.29) is 18.5 Å². The second-order valence-corrected chi connectivity index (χ2v) is 5.46. The van der Waals surface area contributed by atoms with E-state index in [1.165, 1.54) is 6.92 Å². The molecule has 0 aliphatic rings. The Kier molecular flexibility index (Phi) is 6.49. The monoisotopic (exact) mass is 326 g/mol. The number of amides is 1. The van der Waals surface area contributed by atoms with Crippen molar-refractivity contribution in [2.45, 2.75) is 26.9 Å². The Balaban J connectivity index is 1.84. The maximum absolute atomic E-state index is 12.2. The van der Waals surface area contributed by atoms with Gasteiger partial charge in [-0.25, -0.2) is 4.79 Å². The summed E-state index contributed by atoms with van der Waals surface area (Å²) < 4.78 is 5.34. The van der Waals surface area contributed by atoms with Gasteiger partial charge in [0.2, 0.25) is 0 Å². The molecule has 2 aromatic rings. The zero-order chi connectivity index (χ0) is 17.4. The van der Waals surface area contributed by atoms with E-state index >= 15 is 0 Å². The molecule has 0 saturated heterocycles. The Morgan fingerprint density at radius 3 is 2.46 bits per heavy atom. The number of nitrogens with zero attached hydrogens (tertiary/aromatic N) is 2. The lowest BCUT2D eigenvalue weighted by molar-refractivity contribution is 0.0982. The van der Waals surface area contributed by atoms with Gasteiger partial charge in [0.15, 0.2) is 5.78 Å². The number of hydrogen-bond acceptors (Lipinski definition) is 4. The number of carbonyl (C=O) groups is 2. The summed E-state index contributed by atoms with van der Waals surface area (Å²) in [7, 11) is 0. The molecule has 5 heteroatoms. The summed E-state index contributed by atoms with van der Waals surface area (Å²) >= 11 is 0. The van der Waals surface area contributed by atoms with Crippen molar-refractivity contribution >= 4 is 11.9 Å². The van der Waals surface area contributed by atoms with Crippen LogP contribution in [0.5, 0.6) is 0 Å². The molecule has 0 bridgehead atoms. The molecular weight excluding hydrogens is 304 g/mol. The average molecular weight is 326 g/mol. The third-order valence-electron chi connectivity index (χ3n) is 3.71. The molecule has 2 rings (SSSR count). The van der Waals surface area contributed by atoms with Crippen LogP contribution in [0.3, 0.4) is 0 Å². The smallest absolute Gasteiger partial charge is 0.410 e. The van der Waals surface area contributed by atoms with Crippen molar-refractivity contribution in [3.05, 3.63) is 65.5 Å². The molecule has 1 heterocycles. The highest BCUT2D eigenvalue weighted by atomic mass is 16.6. The van der Waals surface area contributed by atoms with Crippen molar-refractivity contribution < 1.29 is 14.3 Å². The van der Waals surface area contributed by atoms with Crippen LogP contribution in [0.25, 0.3) is 0 Å². The molecule has 1 amide bonds. The van der Waals surface area contributed by atoms with Crippen LogP contribution in [0.2, 0.25) is 0 Å². The number of ether oxygens (including phenoxy) is 1. The summed E-state index contributed by atoms with van der Waals surface area (Å²) in [4.78, 5) is 29.3. The second-order valence-electron chi connectivity index (χ2n) is 5.46. The largest absolute Gasteiger partial charge is 0.445 e. The van der Waals surface area contributed by atoms with Crippen LogP contribution in [0.1, 0.15) is 35.5 Å². The molecule has 0 spiro atoms. The molecule has 1 aromatic carbocycles. The number of likely N-dealkylation sites (N-methyl/N-ethyl adjacent to an activating group) is 1. The van der Waals surface area contributed by atoms with E-state index in [0.717, 1.165) is 11.3 Å². The minimum Gasteiger partial charge on any atom is -0.445 e. The zero-order valence-electron chi connectivity index (χ0n) is 14.1. The lowest BCUT2D eigenvalue weighted by Crippen LogP contribution is -2.33. The van der Waals surface area contributed by atoms with Crippen LogP contribution in [-0.2, 0) is 17.8 Å². The Hall–Kier alpha value is -2.69. The fourth-order valence-electron chi connectivity index (χ4n) is 2.22. The van der Waals surface area contributed by atoms with Crippen molar-refractivity contribution in [3.8, 4) is 0 Å². The van der Waals surface area contributed by atoms with E-state index in [4.69, 9.17) is 4.74 Å². The van der Waals surface area contributed by atoms with Gasteiger partial charge >= 0.3 is 6.09 Å². The minimum absolute atomic E-state index is 0.00581. The van der Waals surface area contributed by atoms with Crippen LogP contribution in [-0.4, -0.2) is 34.8 Å². The van der Waals surface area contributed by atoms with Gasteiger partial charge in [0, 0.05) is 37.0 Å². The van der Waals surface area contributed by atoms with Crippen molar-refractivity contribution in [1.82, 2.24) is 9.88 Å². The molecule has 0 radical (unpaired) electrons. The normalized spacial score (nSPS) is 10.2. The van der Waals surface area contributed by atoms with Crippen molar-refractivity contribution in [3.63, 3.8) is 0 Å². The maximum Gasteiger partial charge on any atom is 0.410 e. The van der Waals surface area contributed by atoms with Crippen molar-refractivity contribution in [1.29, 1.82) is 0 Å². The van der Waals surface area contributed by atoms with Gasteiger partial charge in [-0.3, -0.25) is 9.78 Å². The lowest BCUT2D eigenvalue weighted by atomic mass is 10.2. The Morgan fingerprint density at radius 2 is 1.88 bits per heavy atom. The molecule has 5 nitrogen and oxygen atoms in total. The summed E-state index contributed by atoms with van der Waals surface area (Å²) in [5, 5.41) is 0. The first-order chi connectivity index (χ1) is 11.6. The fourth-order valence-corrected chi connectivity index (χ4v) is 2.22. The minimum atomic E-state index is -0.332. The summed E-state index contributed by atoms with van der Waals surface area (Å²) in [6.45, 7) is 4.78. The molecule has 126 valence electrons. The number of aromatic nitrogens is 1. The maximum atomic E-state index is 12.2. The van der Waals surface area contributed by atoms with E-state index in [0.29, 0.717) is 25.1 Å². The SMILES string of the molecule is CCN(CCc1ccc(C(C)=O)cn1)C(=O)OCc1ccccc1. The molecule has 0 fully saturated rings. The van der Waals surface area contributed by atoms with Crippen LogP contribution in [0, 0.1) is 0 Å². The van der Waals surface area contributed by atoms with Gasteiger partial charge in [0.25, 0.3) is 0 Å². The van der Waals surface area contributed by atoms with Gasteiger partial charge in [-0.2, -0.15) is 0 Å². The molecule has 0 saturated carbocycles. The highest BCUT2D eigenvalue weighted by molar-refractivity contribution is 5.93. The highest BCUT2D eigenvalue weighted by Crippen LogP contribution is 2.06.